The van der Waals surface area contributed by atoms with Crippen molar-refractivity contribution in [2.24, 2.45) is 5.84 Å². The van der Waals surface area contributed by atoms with E-state index in [0.29, 0.717) is 0 Å². The number of aliphatic hydroxyl groups is 1. The second-order valence-electron chi connectivity index (χ2n) is 1.45. The average Bonchev–Trinajstić information content (AvgIpc) is 1.98. The van der Waals surface area contributed by atoms with Crippen molar-refractivity contribution < 1.29 is 14.7 Å². The van der Waals surface area contributed by atoms with Crippen molar-refractivity contribution in [1.82, 2.24) is 10.7 Å². The Kier molecular flexibility index (Phi) is 4.17. The summed E-state index contributed by atoms with van der Waals surface area (Å²) in [7, 11) is 0. The van der Waals surface area contributed by atoms with Crippen molar-refractivity contribution in [3.63, 3.8) is 0 Å². The molecule has 0 saturated carbocycles. The molecule has 0 spiro atoms. The van der Waals surface area contributed by atoms with E-state index in [1.54, 1.807) is 5.43 Å². The number of hydrogen-bond acceptors (Lipinski definition) is 4. The molecule has 58 valence electrons. The lowest BCUT2D eigenvalue weighted by Crippen LogP contribution is -2.43. The van der Waals surface area contributed by atoms with Crippen molar-refractivity contribution in [2.75, 3.05) is 13.2 Å². The number of hydrogen-bond donors (Lipinski definition) is 4. The summed E-state index contributed by atoms with van der Waals surface area (Å²) in [6.07, 6.45) is 0. The maximum Gasteiger partial charge on any atom is 0.323 e. The quantitative estimate of drug-likeness (QED) is 0.145. The number of nitrogens with two attached hydrogens (primary N) is 1. The lowest BCUT2D eigenvalue weighted by molar-refractivity contribution is -0.139. The van der Waals surface area contributed by atoms with Crippen LogP contribution in [0.4, 0.5) is 0 Å². The Hall–Kier alpha value is -1.14. The highest BCUT2D eigenvalue weighted by atomic mass is 16.3. The van der Waals surface area contributed by atoms with Crippen LogP contribution in [0.5, 0.6) is 0 Å². The average molecular weight is 147 g/mol. The van der Waals surface area contributed by atoms with Gasteiger partial charge in [0.2, 0.25) is 0 Å². The van der Waals surface area contributed by atoms with Gasteiger partial charge in [0.25, 0.3) is 0 Å². The number of carbonyl (C=O) groups excluding carboxylic acids is 2. The monoisotopic (exact) mass is 147 g/mol. The molecule has 0 aromatic heterocycles. The Balaban J connectivity index is 3.52. The molecule has 10 heavy (non-hydrogen) atoms. The maximum atomic E-state index is 10.4. The van der Waals surface area contributed by atoms with Gasteiger partial charge in [0.15, 0.2) is 0 Å². The number of nitrogens with one attached hydrogen (secondary N) is 2. The summed E-state index contributed by atoms with van der Waals surface area (Å²) in [5.74, 6) is 2.85. The minimum atomic E-state index is -0.923. The van der Waals surface area contributed by atoms with Crippen LogP contribution in [0, 0.1) is 0 Å². The van der Waals surface area contributed by atoms with Crippen molar-refractivity contribution >= 4 is 11.8 Å². The Bertz CT molecular complexity index is 136. The van der Waals surface area contributed by atoms with Gasteiger partial charge in [-0.1, -0.05) is 0 Å². The molecule has 0 unspecified atom stereocenters. The fourth-order valence-electron chi connectivity index (χ4n) is 0.315. The smallest absolute Gasteiger partial charge is 0.323 e. The summed E-state index contributed by atoms with van der Waals surface area (Å²) in [6.45, 7) is -0.157. The van der Waals surface area contributed by atoms with Crippen LogP contribution in [0.25, 0.3) is 0 Å². The van der Waals surface area contributed by atoms with Gasteiger partial charge >= 0.3 is 11.8 Å². The normalized spacial score (nSPS) is 8.60. The number of hydrazine groups is 1. The molecule has 6 nitrogen and oxygen atoms in total. The predicted octanol–water partition coefficient (Wildman–Crippen LogP) is -2.92. The van der Waals surface area contributed by atoms with Crippen molar-refractivity contribution in [3.8, 4) is 0 Å². The van der Waals surface area contributed by atoms with Gasteiger partial charge in [-0.2, -0.15) is 0 Å². The van der Waals surface area contributed by atoms with E-state index in [2.05, 4.69) is 11.2 Å². The van der Waals surface area contributed by atoms with Crippen LogP contribution >= 0.6 is 0 Å². The summed E-state index contributed by atoms with van der Waals surface area (Å²) >= 11 is 0. The van der Waals surface area contributed by atoms with Crippen LogP contribution in [0.3, 0.4) is 0 Å². The molecular weight excluding hydrogens is 138 g/mol. The van der Waals surface area contributed by atoms with E-state index >= 15 is 0 Å². The largest absolute Gasteiger partial charge is 0.395 e. The van der Waals surface area contributed by atoms with Crippen molar-refractivity contribution in [2.45, 2.75) is 0 Å². The fourth-order valence-corrected chi connectivity index (χ4v) is 0.315. The van der Waals surface area contributed by atoms with Gasteiger partial charge in [-0.25, -0.2) is 5.84 Å². The minimum absolute atomic E-state index is 0.0479. The van der Waals surface area contributed by atoms with Gasteiger partial charge in [0.05, 0.1) is 6.61 Å². The number of rotatable bonds is 2. The molecule has 0 fully saturated rings. The second kappa shape index (κ2) is 4.71. The predicted molar refractivity (Wildman–Crippen MR) is 32.4 cm³/mol. The van der Waals surface area contributed by atoms with Crippen LogP contribution in [0.1, 0.15) is 0 Å². The minimum Gasteiger partial charge on any atom is -0.395 e. The molecule has 0 atom stereocenters. The molecule has 0 rings (SSSR count). The van der Waals surface area contributed by atoms with E-state index in [1.807, 2.05) is 0 Å². The molecule has 0 bridgehead atoms. The molecule has 0 aromatic rings. The Morgan fingerprint density at radius 3 is 2.40 bits per heavy atom. The van der Waals surface area contributed by atoms with Gasteiger partial charge in [0, 0.05) is 6.54 Å². The van der Waals surface area contributed by atoms with Crippen LogP contribution in [-0.2, 0) is 9.59 Å². The second-order valence-corrected chi connectivity index (χ2v) is 1.45. The zero-order chi connectivity index (χ0) is 7.98. The van der Waals surface area contributed by atoms with E-state index in [4.69, 9.17) is 5.11 Å². The third-order valence-electron chi connectivity index (χ3n) is 0.735. The zero-order valence-electron chi connectivity index (χ0n) is 5.26. The molecular formula is C4H9N3O3. The third-order valence-corrected chi connectivity index (χ3v) is 0.735. The summed E-state index contributed by atoms with van der Waals surface area (Å²) < 4.78 is 0. The molecule has 2 amide bonds. The lowest BCUT2D eigenvalue weighted by atomic mass is 10.5. The SMILES string of the molecule is NNC(=O)C(=O)NCCO. The van der Waals surface area contributed by atoms with Crippen LogP contribution in [0.15, 0.2) is 0 Å². The first-order chi connectivity index (χ1) is 4.72. The van der Waals surface area contributed by atoms with Gasteiger partial charge < -0.3 is 10.4 Å². The number of carbonyl (C=O) groups is 2. The molecule has 0 heterocycles. The highest BCUT2D eigenvalue weighted by Crippen LogP contribution is 1.63. The topological polar surface area (TPSA) is 104 Å². The maximum absolute atomic E-state index is 10.4. The number of amides is 2. The van der Waals surface area contributed by atoms with E-state index in [1.165, 1.54) is 0 Å². The Morgan fingerprint density at radius 1 is 1.40 bits per heavy atom. The van der Waals surface area contributed by atoms with Crippen LogP contribution in [0.2, 0.25) is 0 Å². The van der Waals surface area contributed by atoms with E-state index in [9.17, 15) is 9.59 Å². The fraction of sp³-hybridized carbons (Fsp3) is 0.500. The summed E-state index contributed by atoms with van der Waals surface area (Å²) in [5, 5.41) is 10.3. The molecule has 0 aliphatic heterocycles. The molecule has 0 aliphatic rings. The first-order valence-electron chi connectivity index (χ1n) is 2.62. The van der Waals surface area contributed by atoms with E-state index < -0.39 is 11.8 Å². The molecule has 0 saturated heterocycles. The first-order valence-corrected chi connectivity index (χ1v) is 2.62. The molecule has 0 radical (unpaired) electrons. The van der Waals surface area contributed by atoms with Crippen molar-refractivity contribution in [1.29, 1.82) is 0 Å². The number of aliphatic hydroxyl groups excluding tert-OH is 1. The summed E-state index contributed by atoms with van der Waals surface area (Å²) in [5.41, 5.74) is 1.64. The summed E-state index contributed by atoms with van der Waals surface area (Å²) in [4.78, 5) is 20.7. The molecule has 0 aromatic carbocycles. The van der Waals surface area contributed by atoms with E-state index in [-0.39, 0.29) is 13.2 Å². The highest BCUT2D eigenvalue weighted by Gasteiger charge is 2.08. The molecule has 5 N–H and O–H groups in total. The molecule has 0 aliphatic carbocycles. The Labute approximate surface area is 57.4 Å². The highest BCUT2D eigenvalue weighted by molar-refractivity contribution is 6.34. The van der Waals surface area contributed by atoms with Gasteiger partial charge in [-0.15, -0.1) is 0 Å². The van der Waals surface area contributed by atoms with E-state index in [0.717, 1.165) is 0 Å². The first kappa shape index (κ1) is 8.86. The van der Waals surface area contributed by atoms with Gasteiger partial charge in [-0.05, 0) is 0 Å². The zero-order valence-corrected chi connectivity index (χ0v) is 5.26. The Morgan fingerprint density at radius 2 is 2.00 bits per heavy atom. The lowest BCUT2D eigenvalue weighted by Gasteiger charge is -1.99. The molecule has 6 heteroatoms. The summed E-state index contributed by atoms with van der Waals surface area (Å²) in [6, 6.07) is 0. The van der Waals surface area contributed by atoms with Crippen LogP contribution in [-0.4, -0.2) is 30.1 Å². The van der Waals surface area contributed by atoms with Crippen molar-refractivity contribution in [3.05, 3.63) is 0 Å². The van der Waals surface area contributed by atoms with Gasteiger partial charge in [-0.3, -0.25) is 15.0 Å². The third kappa shape index (κ3) is 3.00. The standard InChI is InChI=1S/C4H9N3O3/c5-7-4(10)3(9)6-1-2-8/h8H,1-2,5H2,(H,6,9)(H,7,10). The van der Waals surface area contributed by atoms with Crippen LogP contribution < -0.4 is 16.6 Å². The van der Waals surface area contributed by atoms with Gasteiger partial charge in [0.1, 0.15) is 0 Å².